The number of nitrogens with one attached hydrogen (secondary N) is 1. The first-order valence-corrected chi connectivity index (χ1v) is 11.2. The summed E-state index contributed by atoms with van der Waals surface area (Å²) in [6.07, 6.45) is 2.77. The topological polar surface area (TPSA) is 101 Å². The van der Waals surface area contributed by atoms with Crippen LogP contribution in [0.15, 0.2) is 18.3 Å². The average Bonchev–Trinajstić information content (AvgIpc) is 3.39. The Hall–Kier alpha value is -2.56. The third kappa shape index (κ3) is 4.70. The van der Waals surface area contributed by atoms with Crippen molar-refractivity contribution in [3.63, 3.8) is 0 Å². The molecule has 2 fully saturated rings. The van der Waals surface area contributed by atoms with Crippen LogP contribution in [0.5, 0.6) is 0 Å². The molecule has 0 saturated carbocycles. The van der Waals surface area contributed by atoms with E-state index in [9.17, 15) is 14.4 Å². The lowest BCUT2D eigenvalue weighted by Gasteiger charge is -2.33. The van der Waals surface area contributed by atoms with Crippen molar-refractivity contribution in [1.29, 1.82) is 0 Å². The van der Waals surface area contributed by atoms with Gasteiger partial charge in [-0.25, -0.2) is 4.98 Å². The van der Waals surface area contributed by atoms with Crippen molar-refractivity contribution in [2.24, 2.45) is 0 Å². The molecule has 4 rings (SSSR count). The highest BCUT2D eigenvalue weighted by Crippen LogP contribution is 2.37. The van der Waals surface area contributed by atoms with Crippen LogP contribution in [0.4, 0.5) is 0 Å². The summed E-state index contributed by atoms with van der Waals surface area (Å²) in [6.45, 7) is 2.77. The normalized spacial score (nSPS) is 19.3. The lowest BCUT2D eigenvalue weighted by atomic mass is 10.0. The van der Waals surface area contributed by atoms with Gasteiger partial charge in [-0.3, -0.25) is 14.4 Å². The van der Waals surface area contributed by atoms with Crippen LogP contribution in [-0.2, 0) is 19.1 Å². The van der Waals surface area contributed by atoms with Gasteiger partial charge in [0.1, 0.15) is 22.4 Å². The fourth-order valence-corrected chi connectivity index (χ4v) is 5.11. The Balaban J connectivity index is 1.40. The molecule has 1 atom stereocenters. The van der Waals surface area contributed by atoms with Gasteiger partial charge in [0, 0.05) is 50.2 Å². The zero-order chi connectivity index (χ0) is 21.8. The van der Waals surface area contributed by atoms with Crippen LogP contribution < -0.4 is 5.32 Å². The number of carbonyl (C=O) groups excluding carboxylic acids is 3. The van der Waals surface area contributed by atoms with Gasteiger partial charge in [-0.05, 0) is 12.5 Å². The highest BCUT2D eigenvalue weighted by atomic mass is 32.1. The molecule has 3 amide bonds. The smallest absolute Gasteiger partial charge is 0.261 e. The van der Waals surface area contributed by atoms with Crippen LogP contribution in [0.2, 0.25) is 0 Å². The molecule has 2 aliphatic heterocycles. The van der Waals surface area contributed by atoms with Gasteiger partial charge in [0.2, 0.25) is 11.8 Å². The highest BCUT2D eigenvalue weighted by Gasteiger charge is 2.31. The lowest BCUT2D eigenvalue weighted by Crippen LogP contribution is -2.44. The molecule has 0 aliphatic carbocycles. The van der Waals surface area contributed by atoms with Gasteiger partial charge in [-0.1, -0.05) is 6.07 Å². The van der Waals surface area contributed by atoms with Crippen molar-refractivity contribution in [2.75, 3.05) is 53.0 Å². The molecule has 0 spiro atoms. The second-order valence-corrected chi connectivity index (χ2v) is 8.52. The van der Waals surface area contributed by atoms with Gasteiger partial charge in [-0.15, -0.1) is 11.3 Å². The minimum absolute atomic E-state index is 0.0387. The molecule has 10 heteroatoms. The van der Waals surface area contributed by atoms with E-state index >= 15 is 0 Å². The molecule has 2 aromatic rings. The van der Waals surface area contributed by atoms with Crippen molar-refractivity contribution < 1.29 is 23.9 Å². The van der Waals surface area contributed by atoms with Gasteiger partial charge in [-0.2, -0.15) is 0 Å². The number of likely N-dealkylation sites (tertiary alicyclic amines) is 1. The van der Waals surface area contributed by atoms with E-state index in [2.05, 4.69) is 10.3 Å². The highest BCUT2D eigenvalue weighted by molar-refractivity contribution is 7.20. The summed E-state index contributed by atoms with van der Waals surface area (Å²) < 4.78 is 11.5. The summed E-state index contributed by atoms with van der Waals surface area (Å²) in [6, 6.07) is 3.75. The van der Waals surface area contributed by atoms with Crippen LogP contribution in [0.3, 0.4) is 0 Å². The molecule has 4 heterocycles. The first kappa shape index (κ1) is 21.7. The Morgan fingerprint density at radius 3 is 3.03 bits per heavy atom. The molecule has 166 valence electrons. The number of amides is 3. The first-order chi connectivity index (χ1) is 15.1. The van der Waals surface area contributed by atoms with E-state index in [1.54, 1.807) is 23.0 Å². The number of hydrogen-bond donors (Lipinski definition) is 1. The Kier molecular flexibility index (Phi) is 6.79. The summed E-state index contributed by atoms with van der Waals surface area (Å²) >= 11 is 1.33. The molecule has 0 radical (unpaired) electrons. The third-order valence-corrected chi connectivity index (χ3v) is 6.71. The Labute approximate surface area is 184 Å². The number of nitrogens with zero attached hydrogens (tertiary/aromatic N) is 3. The largest absolute Gasteiger partial charge is 0.370 e. The zero-order valence-corrected chi connectivity index (χ0v) is 18.3. The fourth-order valence-electron chi connectivity index (χ4n) is 3.97. The lowest BCUT2D eigenvalue weighted by molar-refractivity contribution is -0.144. The van der Waals surface area contributed by atoms with E-state index in [0.29, 0.717) is 44.1 Å². The molecule has 2 aromatic heterocycles. The maximum atomic E-state index is 12.7. The third-order valence-electron chi connectivity index (χ3n) is 5.58. The van der Waals surface area contributed by atoms with Gasteiger partial charge < -0.3 is 24.6 Å². The number of thiophene rings is 1. The molecular formula is C21H26N4O5S. The van der Waals surface area contributed by atoms with Crippen LogP contribution >= 0.6 is 11.3 Å². The monoisotopic (exact) mass is 446 g/mol. The maximum Gasteiger partial charge on any atom is 0.261 e. The Morgan fingerprint density at radius 2 is 2.26 bits per heavy atom. The van der Waals surface area contributed by atoms with E-state index in [1.807, 2.05) is 12.1 Å². The second-order valence-electron chi connectivity index (χ2n) is 7.52. The van der Waals surface area contributed by atoms with E-state index in [0.717, 1.165) is 28.7 Å². The summed E-state index contributed by atoms with van der Waals surface area (Å²) in [5.41, 5.74) is 0.776. The van der Waals surface area contributed by atoms with Crippen molar-refractivity contribution in [1.82, 2.24) is 20.1 Å². The Bertz CT molecular complexity index is 978. The second kappa shape index (κ2) is 9.71. The van der Waals surface area contributed by atoms with Crippen molar-refractivity contribution in [3.8, 4) is 0 Å². The molecule has 2 aliphatic rings. The predicted octanol–water partition coefficient (Wildman–Crippen LogP) is 1.19. The molecule has 0 aromatic carbocycles. The quantitative estimate of drug-likeness (QED) is 0.642. The molecule has 31 heavy (non-hydrogen) atoms. The summed E-state index contributed by atoms with van der Waals surface area (Å²) in [5, 5.41) is 3.55. The molecule has 2 saturated heterocycles. The predicted molar refractivity (Wildman–Crippen MR) is 115 cm³/mol. The van der Waals surface area contributed by atoms with Crippen LogP contribution in [0.25, 0.3) is 10.2 Å². The van der Waals surface area contributed by atoms with E-state index < -0.39 is 6.10 Å². The molecule has 1 N–H and O–H groups in total. The molecule has 9 nitrogen and oxygen atoms in total. The number of rotatable bonds is 7. The average molecular weight is 447 g/mol. The number of hydrogen-bond acceptors (Lipinski definition) is 7. The number of pyridine rings is 1. The van der Waals surface area contributed by atoms with E-state index in [4.69, 9.17) is 9.47 Å². The first-order valence-electron chi connectivity index (χ1n) is 10.4. The summed E-state index contributed by atoms with van der Waals surface area (Å²) in [7, 11) is 1.59. The van der Waals surface area contributed by atoms with Gasteiger partial charge in [0.25, 0.3) is 5.91 Å². The van der Waals surface area contributed by atoms with Crippen molar-refractivity contribution >= 4 is 39.3 Å². The number of carbonyl (C=O) groups is 3. The number of ether oxygens (including phenoxy) is 2. The van der Waals surface area contributed by atoms with Gasteiger partial charge in [0.05, 0.1) is 19.8 Å². The number of fused-ring (bicyclic) bond motifs is 1. The molecule has 1 unspecified atom stereocenters. The number of morpholine rings is 1. The SMILES string of the molecule is CNC(=O)c1sc2ncccc2c1C1CN(C(=O)COCCN2CCCC2=O)CCO1. The van der Waals surface area contributed by atoms with Crippen LogP contribution in [0, 0.1) is 0 Å². The fraction of sp³-hybridized carbons (Fsp3) is 0.524. The minimum atomic E-state index is -0.412. The molecule has 0 bridgehead atoms. The minimum Gasteiger partial charge on any atom is -0.370 e. The van der Waals surface area contributed by atoms with Crippen molar-refractivity contribution in [3.05, 3.63) is 28.8 Å². The zero-order valence-electron chi connectivity index (χ0n) is 17.5. The molecular weight excluding hydrogens is 420 g/mol. The summed E-state index contributed by atoms with van der Waals surface area (Å²) in [5.74, 6) is -0.166. The van der Waals surface area contributed by atoms with Gasteiger partial charge in [0.15, 0.2) is 0 Å². The van der Waals surface area contributed by atoms with E-state index in [1.165, 1.54) is 11.3 Å². The van der Waals surface area contributed by atoms with E-state index in [-0.39, 0.29) is 24.3 Å². The number of aromatic nitrogens is 1. The standard InChI is InChI=1S/C21H26N4O5S/c1-22-20(28)19-18(14-4-2-6-23-21(14)31-19)15-12-25(9-11-30-15)17(27)13-29-10-8-24-7-3-5-16(24)26/h2,4,6,15H,3,5,7-13H2,1H3,(H,22,28). The van der Waals surface area contributed by atoms with Crippen LogP contribution in [0.1, 0.15) is 34.2 Å². The van der Waals surface area contributed by atoms with Gasteiger partial charge >= 0.3 is 0 Å². The Morgan fingerprint density at radius 1 is 1.39 bits per heavy atom. The maximum absolute atomic E-state index is 12.7. The summed E-state index contributed by atoms with van der Waals surface area (Å²) in [4.78, 5) is 46.0. The van der Waals surface area contributed by atoms with Crippen LogP contribution in [-0.4, -0.2) is 85.6 Å². The van der Waals surface area contributed by atoms with Crippen molar-refractivity contribution in [2.45, 2.75) is 18.9 Å².